The number of nitrogens with zero attached hydrogens (tertiary/aromatic N) is 7. The number of aromatic nitrogens is 6. The molecule has 4 rings (SSSR count). The van der Waals surface area contributed by atoms with E-state index >= 15 is 0 Å². The number of tetrazole rings is 1. The number of piperidine rings is 1. The molecule has 3 aromatic rings. The number of hydrogen-bond donors (Lipinski definition) is 1. The molecule has 0 bridgehead atoms. The Kier molecular flexibility index (Phi) is 4.80. The molecule has 1 amide bonds. The van der Waals surface area contributed by atoms with Gasteiger partial charge in [0.1, 0.15) is 22.8 Å². The average Bonchev–Trinajstić information content (AvgIpc) is 3.33. The van der Waals surface area contributed by atoms with Gasteiger partial charge in [-0.3, -0.25) is 4.79 Å². The summed E-state index contributed by atoms with van der Waals surface area (Å²) in [6, 6.07) is 4.00. The molecule has 0 aliphatic carbocycles. The second-order valence-electron chi connectivity index (χ2n) is 6.54. The van der Waals surface area contributed by atoms with Gasteiger partial charge < -0.3 is 10.2 Å². The summed E-state index contributed by atoms with van der Waals surface area (Å²) in [5.41, 5.74) is 1.67. The Bertz CT molecular complexity index is 910. The Balaban J connectivity index is 1.38. The molecule has 3 aromatic heterocycles. The number of amides is 1. The van der Waals surface area contributed by atoms with Crippen molar-refractivity contribution in [2.45, 2.75) is 32.7 Å². The van der Waals surface area contributed by atoms with E-state index in [1.54, 1.807) is 0 Å². The predicted molar refractivity (Wildman–Crippen MR) is 101 cm³/mol. The number of aryl methyl sites for hydroxylation is 2. The first kappa shape index (κ1) is 17.5. The van der Waals surface area contributed by atoms with Gasteiger partial charge in [0, 0.05) is 30.9 Å². The highest BCUT2D eigenvalue weighted by molar-refractivity contribution is 7.12. The molecular formula is C17H20N8OS. The second kappa shape index (κ2) is 7.39. The number of carbonyl (C=O) groups excluding carboxylic acids is 1. The van der Waals surface area contributed by atoms with Crippen molar-refractivity contribution in [1.82, 2.24) is 35.5 Å². The summed E-state index contributed by atoms with van der Waals surface area (Å²) in [6.07, 6.45) is 3.24. The van der Waals surface area contributed by atoms with Crippen molar-refractivity contribution in [3.8, 4) is 5.69 Å². The molecule has 0 saturated carbocycles. The molecule has 27 heavy (non-hydrogen) atoms. The predicted octanol–water partition coefficient (Wildman–Crippen LogP) is 1.53. The van der Waals surface area contributed by atoms with Gasteiger partial charge in [0.15, 0.2) is 0 Å². The molecule has 140 valence electrons. The number of nitrogens with one attached hydrogen (secondary N) is 1. The van der Waals surface area contributed by atoms with Gasteiger partial charge in [-0.25, -0.2) is 9.97 Å². The number of carbonyl (C=O) groups is 1. The van der Waals surface area contributed by atoms with E-state index in [0.29, 0.717) is 10.6 Å². The van der Waals surface area contributed by atoms with E-state index in [9.17, 15) is 4.79 Å². The normalized spacial score (nSPS) is 15.1. The lowest BCUT2D eigenvalue weighted by Gasteiger charge is -2.33. The van der Waals surface area contributed by atoms with Crippen LogP contribution in [0.2, 0.25) is 0 Å². The zero-order valence-electron chi connectivity index (χ0n) is 15.2. The molecule has 9 nitrogen and oxygen atoms in total. The van der Waals surface area contributed by atoms with Crippen LogP contribution in [0.5, 0.6) is 0 Å². The monoisotopic (exact) mass is 384 g/mol. The first-order chi connectivity index (χ1) is 13.1. The fraction of sp³-hybridized carbons (Fsp3) is 0.412. The van der Waals surface area contributed by atoms with Crippen molar-refractivity contribution < 1.29 is 4.79 Å². The molecule has 0 spiro atoms. The lowest BCUT2D eigenvalue weighted by Crippen LogP contribution is -2.45. The summed E-state index contributed by atoms with van der Waals surface area (Å²) >= 11 is 1.39. The zero-order chi connectivity index (χ0) is 18.8. The van der Waals surface area contributed by atoms with E-state index in [-0.39, 0.29) is 11.9 Å². The van der Waals surface area contributed by atoms with E-state index < -0.39 is 0 Å². The van der Waals surface area contributed by atoms with Crippen molar-refractivity contribution in [1.29, 1.82) is 0 Å². The summed E-state index contributed by atoms with van der Waals surface area (Å²) < 4.78 is 1.51. The molecule has 0 aromatic carbocycles. The van der Waals surface area contributed by atoms with E-state index in [4.69, 9.17) is 0 Å². The third-order valence-corrected chi connectivity index (χ3v) is 5.46. The van der Waals surface area contributed by atoms with Gasteiger partial charge in [-0.15, -0.1) is 16.4 Å². The smallest absolute Gasteiger partial charge is 0.263 e. The topological polar surface area (TPSA) is 102 Å². The molecule has 1 aliphatic heterocycles. The average molecular weight is 384 g/mol. The molecule has 1 fully saturated rings. The molecule has 0 unspecified atom stereocenters. The Morgan fingerprint density at radius 2 is 2.07 bits per heavy atom. The molecule has 1 N–H and O–H groups in total. The largest absolute Gasteiger partial charge is 0.356 e. The van der Waals surface area contributed by atoms with Crippen molar-refractivity contribution in [3.05, 3.63) is 40.2 Å². The summed E-state index contributed by atoms with van der Waals surface area (Å²) in [5, 5.41) is 16.2. The minimum Gasteiger partial charge on any atom is -0.356 e. The summed E-state index contributed by atoms with van der Waals surface area (Å²) in [7, 11) is 0. The lowest BCUT2D eigenvalue weighted by molar-refractivity contribution is 0.0935. The lowest BCUT2D eigenvalue weighted by atomic mass is 10.0. The van der Waals surface area contributed by atoms with Crippen LogP contribution in [-0.4, -0.2) is 55.2 Å². The van der Waals surface area contributed by atoms with E-state index in [2.05, 4.69) is 35.7 Å². The zero-order valence-corrected chi connectivity index (χ0v) is 16.0. The fourth-order valence-electron chi connectivity index (χ4n) is 3.29. The van der Waals surface area contributed by atoms with Crippen molar-refractivity contribution in [2.75, 3.05) is 18.0 Å². The first-order valence-electron chi connectivity index (χ1n) is 8.79. The minimum atomic E-state index is -0.0809. The number of thiophene rings is 1. The SMILES string of the molecule is Cc1cc(N2CCC(NC(=O)c3sccc3-n3cnnn3)CC2)nc(C)n1. The van der Waals surface area contributed by atoms with Crippen LogP contribution in [0, 0.1) is 13.8 Å². The van der Waals surface area contributed by atoms with Crippen LogP contribution in [0.1, 0.15) is 34.0 Å². The number of rotatable bonds is 4. The van der Waals surface area contributed by atoms with Gasteiger partial charge in [-0.2, -0.15) is 4.68 Å². The van der Waals surface area contributed by atoms with E-state index in [1.807, 2.05) is 31.4 Å². The maximum absolute atomic E-state index is 12.7. The highest BCUT2D eigenvalue weighted by Gasteiger charge is 2.24. The molecule has 1 aliphatic rings. The second-order valence-corrected chi connectivity index (χ2v) is 7.45. The van der Waals surface area contributed by atoms with Crippen molar-refractivity contribution in [3.63, 3.8) is 0 Å². The number of hydrogen-bond acceptors (Lipinski definition) is 8. The Morgan fingerprint density at radius 1 is 1.26 bits per heavy atom. The highest BCUT2D eigenvalue weighted by atomic mass is 32.1. The maximum atomic E-state index is 12.7. The van der Waals surface area contributed by atoms with Gasteiger partial charge in [0.25, 0.3) is 5.91 Å². The number of anilines is 1. The third kappa shape index (κ3) is 3.80. The van der Waals surface area contributed by atoms with Crippen LogP contribution in [0.15, 0.2) is 23.8 Å². The van der Waals surface area contributed by atoms with Crippen molar-refractivity contribution >= 4 is 23.1 Å². The fourth-order valence-corrected chi connectivity index (χ4v) is 4.07. The van der Waals surface area contributed by atoms with Gasteiger partial charge in [0.05, 0.1) is 5.69 Å². The summed E-state index contributed by atoms with van der Waals surface area (Å²) in [4.78, 5) is 24.4. The molecule has 4 heterocycles. The van der Waals surface area contributed by atoms with Crippen LogP contribution < -0.4 is 10.2 Å². The maximum Gasteiger partial charge on any atom is 0.263 e. The molecular weight excluding hydrogens is 364 g/mol. The quantitative estimate of drug-likeness (QED) is 0.728. The Hall–Kier alpha value is -2.88. The van der Waals surface area contributed by atoms with Gasteiger partial charge in [0.2, 0.25) is 0 Å². The van der Waals surface area contributed by atoms with Gasteiger partial charge in [-0.1, -0.05) is 0 Å². The highest BCUT2D eigenvalue weighted by Crippen LogP contribution is 2.22. The van der Waals surface area contributed by atoms with Gasteiger partial charge in [-0.05, 0) is 48.6 Å². The minimum absolute atomic E-state index is 0.0809. The van der Waals surface area contributed by atoms with Crippen LogP contribution in [0.4, 0.5) is 5.82 Å². The standard InChI is InChI=1S/C17H20N8OS/c1-11-9-15(20-12(2)19-11)24-6-3-13(4-7-24)21-17(26)16-14(5-8-27-16)25-10-18-22-23-25/h5,8-10,13H,3-4,6-7H2,1-2H3,(H,21,26). The molecule has 0 atom stereocenters. The Morgan fingerprint density at radius 3 is 2.78 bits per heavy atom. The van der Waals surface area contributed by atoms with Crippen LogP contribution in [0.3, 0.4) is 0 Å². The summed E-state index contributed by atoms with van der Waals surface area (Å²) in [5.74, 6) is 1.67. The van der Waals surface area contributed by atoms with Crippen LogP contribution >= 0.6 is 11.3 Å². The molecule has 10 heteroatoms. The van der Waals surface area contributed by atoms with Crippen LogP contribution in [-0.2, 0) is 0 Å². The third-order valence-electron chi connectivity index (χ3n) is 4.55. The molecule has 1 saturated heterocycles. The first-order valence-corrected chi connectivity index (χ1v) is 9.67. The van der Waals surface area contributed by atoms with Crippen LogP contribution in [0.25, 0.3) is 5.69 Å². The molecule has 0 radical (unpaired) electrons. The Labute approximate surface area is 160 Å². The summed E-state index contributed by atoms with van der Waals surface area (Å²) in [6.45, 7) is 5.59. The van der Waals surface area contributed by atoms with E-state index in [0.717, 1.165) is 43.3 Å². The van der Waals surface area contributed by atoms with Crippen molar-refractivity contribution in [2.24, 2.45) is 0 Å². The van der Waals surface area contributed by atoms with Gasteiger partial charge >= 0.3 is 0 Å². The van der Waals surface area contributed by atoms with E-state index in [1.165, 1.54) is 22.3 Å².